The number of likely N-dealkylation sites (tertiary alicyclic amines) is 1. The van der Waals surface area contributed by atoms with Crippen LogP contribution in [0.5, 0.6) is 0 Å². The molecule has 1 aromatic carbocycles. The number of hydrogen-bond acceptors (Lipinski definition) is 3. The van der Waals surface area contributed by atoms with Gasteiger partial charge in [0.15, 0.2) is 0 Å². The molecule has 1 unspecified atom stereocenters. The zero-order valence-corrected chi connectivity index (χ0v) is 13.8. The molecule has 5 heteroatoms. The summed E-state index contributed by atoms with van der Waals surface area (Å²) in [5.74, 6) is -0.323. The summed E-state index contributed by atoms with van der Waals surface area (Å²) in [4.78, 5) is 27.1. The van der Waals surface area contributed by atoms with E-state index in [9.17, 15) is 14.9 Å². The van der Waals surface area contributed by atoms with Gasteiger partial charge in [-0.15, -0.1) is 0 Å². The van der Waals surface area contributed by atoms with Crippen LogP contribution in [0.25, 0.3) is 0 Å². The Morgan fingerprint density at radius 2 is 1.88 bits per heavy atom. The lowest BCUT2D eigenvalue weighted by Gasteiger charge is -2.36. The van der Waals surface area contributed by atoms with E-state index < -0.39 is 5.41 Å². The standard InChI is InChI=1S/C19H23N3O2/c20-14-19(10-4-5-11-19)18(24)22-12-6-7-15(13-22)17(23)21-16-8-2-1-3-9-16/h1-3,8-9,15H,4-7,10-13H2,(H,21,23). The number of carbonyl (C=O) groups excluding carboxylic acids is 2. The number of nitrogens with one attached hydrogen (secondary N) is 1. The second-order valence-electron chi connectivity index (χ2n) is 6.85. The summed E-state index contributed by atoms with van der Waals surface area (Å²) in [7, 11) is 0. The molecule has 1 aromatic rings. The minimum Gasteiger partial charge on any atom is -0.341 e. The van der Waals surface area contributed by atoms with E-state index in [2.05, 4.69) is 11.4 Å². The molecule has 1 atom stereocenters. The van der Waals surface area contributed by atoms with Crippen molar-refractivity contribution in [1.82, 2.24) is 4.90 Å². The SMILES string of the molecule is N#CC1(C(=O)N2CCCC(C(=O)Nc3ccccc3)C2)CCCC1. The number of nitriles is 1. The van der Waals surface area contributed by atoms with E-state index in [0.29, 0.717) is 25.9 Å². The molecule has 1 heterocycles. The predicted octanol–water partition coefficient (Wildman–Crippen LogP) is 2.95. The molecule has 0 aromatic heterocycles. The van der Waals surface area contributed by atoms with Gasteiger partial charge in [-0.05, 0) is 37.8 Å². The van der Waals surface area contributed by atoms with E-state index in [4.69, 9.17) is 0 Å². The largest absolute Gasteiger partial charge is 0.341 e. The van der Waals surface area contributed by atoms with Crippen LogP contribution in [0.1, 0.15) is 38.5 Å². The molecule has 5 nitrogen and oxygen atoms in total. The highest BCUT2D eigenvalue weighted by Gasteiger charge is 2.45. The Hall–Kier alpha value is -2.35. The van der Waals surface area contributed by atoms with Crippen LogP contribution in [-0.2, 0) is 9.59 Å². The minimum absolute atomic E-state index is 0.0453. The summed E-state index contributed by atoms with van der Waals surface area (Å²) >= 11 is 0. The van der Waals surface area contributed by atoms with Crippen LogP contribution in [-0.4, -0.2) is 29.8 Å². The van der Waals surface area contributed by atoms with Crippen LogP contribution in [0.2, 0.25) is 0 Å². The van der Waals surface area contributed by atoms with E-state index in [1.54, 1.807) is 4.90 Å². The van der Waals surface area contributed by atoms with Crippen LogP contribution >= 0.6 is 0 Å². The second-order valence-corrected chi connectivity index (χ2v) is 6.85. The summed E-state index contributed by atoms with van der Waals surface area (Å²) in [6.07, 6.45) is 4.76. The van der Waals surface area contributed by atoms with E-state index in [1.807, 2.05) is 30.3 Å². The average Bonchev–Trinajstić information content (AvgIpc) is 3.12. The Balaban J connectivity index is 1.65. The van der Waals surface area contributed by atoms with Crippen LogP contribution < -0.4 is 5.32 Å². The van der Waals surface area contributed by atoms with Crippen molar-refractivity contribution in [2.24, 2.45) is 11.3 Å². The average molecular weight is 325 g/mol. The Morgan fingerprint density at radius 3 is 2.54 bits per heavy atom. The fourth-order valence-corrected chi connectivity index (χ4v) is 3.80. The summed E-state index contributed by atoms with van der Waals surface area (Å²) in [6, 6.07) is 11.6. The van der Waals surface area contributed by atoms with E-state index >= 15 is 0 Å². The maximum atomic E-state index is 12.9. The topological polar surface area (TPSA) is 73.2 Å². The maximum Gasteiger partial charge on any atom is 0.243 e. The van der Waals surface area contributed by atoms with Crippen LogP contribution in [0, 0.1) is 22.7 Å². The number of piperidine rings is 1. The van der Waals surface area contributed by atoms with Crippen LogP contribution in [0.4, 0.5) is 5.69 Å². The van der Waals surface area contributed by atoms with Gasteiger partial charge in [0.25, 0.3) is 0 Å². The molecule has 126 valence electrons. The van der Waals surface area contributed by atoms with E-state index in [1.165, 1.54) is 0 Å². The number of para-hydroxylation sites is 1. The number of carbonyl (C=O) groups is 2. The highest BCUT2D eigenvalue weighted by molar-refractivity contribution is 5.93. The van der Waals surface area contributed by atoms with Crippen molar-refractivity contribution < 1.29 is 9.59 Å². The number of anilines is 1. The number of hydrogen-bond donors (Lipinski definition) is 1. The van der Waals surface area contributed by atoms with Gasteiger partial charge in [-0.3, -0.25) is 9.59 Å². The molecule has 1 aliphatic heterocycles. The zero-order chi connectivity index (χ0) is 17.0. The monoisotopic (exact) mass is 325 g/mol. The molecule has 1 saturated heterocycles. The molecule has 0 bridgehead atoms. The van der Waals surface area contributed by atoms with Crippen molar-refractivity contribution in [3.05, 3.63) is 30.3 Å². The smallest absolute Gasteiger partial charge is 0.243 e. The molecule has 1 saturated carbocycles. The molecular weight excluding hydrogens is 302 g/mol. The van der Waals surface area contributed by atoms with Gasteiger partial charge in [-0.1, -0.05) is 31.0 Å². The lowest BCUT2D eigenvalue weighted by atomic mass is 9.85. The highest BCUT2D eigenvalue weighted by Crippen LogP contribution is 2.40. The number of nitrogens with zero attached hydrogens (tertiary/aromatic N) is 2. The maximum absolute atomic E-state index is 12.9. The fraction of sp³-hybridized carbons (Fsp3) is 0.526. The normalized spacial score (nSPS) is 22.6. The quantitative estimate of drug-likeness (QED) is 0.928. The van der Waals surface area contributed by atoms with Gasteiger partial charge in [0.2, 0.25) is 11.8 Å². The van der Waals surface area contributed by atoms with Crippen LogP contribution in [0.3, 0.4) is 0 Å². The van der Waals surface area contributed by atoms with Crippen molar-refractivity contribution in [1.29, 1.82) is 5.26 Å². The molecular formula is C19H23N3O2. The molecule has 24 heavy (non-hydrogen) atoms. The van der Waals surface area contributed by atoms with Gasteiger partial charge in [0.05, 0.1) is 12.0 Å². The van der Waals surface area contributed by atoms with Gasteiger partial charge >= 0.3 is 0 Å². The number of amides is 2. The Labute approximate surface area is 142 Å². The molecule has 1 aliphatic carbocycles. The van der Waals surface area contributed by atoms with Gasteiger partial charge in [-0.25, -0.2) is 0 Å². The first-order valence-electron chi connectivity index (χ1n) is 8.71. The predicted molar refractivity (Wildman–Crippen MR) is 90.9 cm³/mol. The first-order valence-corrected chi connectivity index (χ1v) is 8.71. The summed E-state index contributed by atoms with van der Waals surface area (Å²) in [6.45, 7) is 1.07. The number of rotatable bonds is 3. The van der Waals surface area contributed by atoms with E-state index in [0.717, 1.165) is 31.4 Å². The number of benzene rings is 1. The van der Waals surface area contributed by atoms with E-state index in [-0.39, 0.29) is 17.7 Å². The lowest BCUT2D eigenvalue weighted by Crippen LogP contribution is -2.49. The van der Waals surface area contributed by atoms with Crippen molar-refractivity contribution in [2.45, 2.75) is 38.5 Å². The molecule has 2 fully saturated rings. The van der Waals surface area contributed by atoms with Crippen LogP contribution in [0.15, 0.2) is 30.3 Å². The van der Waals surface area contributed by atoms with Gasteiger partial charge in [-0.2, -0.15) is 5.26 Å². The molecule has 0 radical (unpaired) electrons. The van der Waals surface area contributed by atoms with Gasteiger partial charge in [0, 0.05) is 18.8 Å². The lowest BCUT2D eigenvalue weighted by molar-refractivity contribution is -0.141. The molecule has 3 rings (SSSR count). The molecule has 1 N–H and O–H groups in total. The summed E-state index contributed by atoms with van der Waals surface area (Å²) in [5, 5.41) is 12.4. The summed E-state index contributed by atoms with van der Waals surface area (Å²) in [5.41, 5.74) is -0.0760. The molecule has 0 spiro atoms. The van der Waals surface area contributed by atoms with Crippen molar-refractivity contribution in [3.8, 4) is 6.07 Å². The Kier molecular flexibility index (Phi) is 4.84. The minimum atomic E-state index is -0.849. The fourth-order valence-electron chi connectivity index (χ4n) is 3.80. The third kappa shape index (κ3) is 3.28. The zero-order valence-electron chi connectivity index (χ0n) is 13.8. The third-order valence-corrected chi connectivity index (χ3v) is 5.20. The third-order valence-electron chi connectivity index (χ3n) is 5.20. The van der Waals surface area contributed by atoms with Crippen molar-refractivity contribution in [2.75, 3.05) is 18.4 Å². The Morgan fingerprint density at radius 1 is 1.17 bits per heavy atom. The Bertz CT molecular complexity index is 644. The summed E-state index contributed by atoms with van der Waals surface area (Å²) < 4.78 is 0. The first kappa shape index (κ1) is 16.5. The van der Waals surface area contributed by atoms with Gasteiger partial charge in [0.1, 0.15) is 5.41 Å². The molecule has 2 aliphatic rings. The second kappa shape index (κ2) is 7.04. The van der Waals surface area contributed by atoms with Crippen molar-refractivity contribution >= 4 is 17.5 Å². The first-order chi connectivity index (χ1) is 11.6. The van der Waals surface area contributed by atoms with Crippen molar-refractivity contribution in [3.63, 3.8) is 0 Å². The molecule has 2 amide bonds. The highest BCUT2D eigenvalue weighted by atomic mass is 16.2. The van der Waals surface area contributed by atoms with Gasteiger partial charge < -0.3 is 10.2 Å².